The molecule has 0 radical (unpaired) electrons. The van der Waals surface area contributed by atoms with E-state index in [9.17, 15) is 4.39 Å². The quantitative estimate of drug-likeness (QED) is 0.276. The lowest BCUT2D eigenvalue weighted by atomic mass is 10.1. The first-order valence-corrected chi connectivity index (χ1v) is 11.3. The van der Waals surface area contributed by atoms with E-state index < -0.39 is 5.82 Å². The van der Waals surface area contributed by atoms with Gasteiger partial charge in [0, 0.05) is 29.0 Å². The van der Waals surface area contributed by atoms with Gasteiger partial charge in [0.1, 0.15) is 11.5 Å². The van der Waals surface area contributed by atoms with E-state index in [1.165, 1.54) is 6.07 Å². The number of hydrogen-bond donors (Lipinski definition) is 0. The van der Waals surface area contributed by atoms with E-state index in [4.69, 9.17) is 33.3 Å². The molecule has 0 spiro atoms. The molecular formula is C26H17Cl2FN4. The lowest BCUT2D eigenvalue weighted by Gasteiger charge is -2.21. The second-order valence-corrected chi connectivity index (χ2v) is 8.78. The molecule has 7 heteroatoms. The molecule has 0 N–H and O–H groups in total. The van der Waals surface area contributed by atoms with E-state index in [2.05, 4.69) is 4.90 Å². The predicted molar refractivity (Wildman–Crippen MR) is 131 cm³/mol. The molecule has 0 saturated heterocycles. The van der Waals surface area contributed by atoms with Crippen molar-refractivity contribution in [1.82, 2.24) is 14.8 Å². The highest BCUT2D eigenvalue weighted by Crippen LogP contribution is 2.44. The summed E-state index contributed by atoms with van der Waals surface area (Å²) in [5.41, 5.74) is 6.41. The summed E-state index contributed by atoms with van der Waals surface area (Å²) in [5.74, 6) is -0.432. The normalized spacial score (nSPS) is 13.0. The molecule has 0 fully saturated rings. The number of rotatable bonds is 3. The molecule has 33 heavy (non-hydrogen) atoms. The van der Waals surface area contributed by atoms with Crippen LogP contribution in [0, 0.1) is 5.82 Å². The van der Waals surface area contributed by atoms with E-state index in [0.717, 1.165) is 57.9 Å². The number of pyridine rings is 1. The Morgan fingerprint density at radius 3 is 2.42 bits per heavy atom. The van der Waals surface area contributed by atoms with Crippen molar-refractivity contribution in [1.29, 1.82) is 0 Å². The number of fused-ring (bicyclic) bond motifs is 3. The van der Waals surface area contributed by atoms with Gasteiger partial charge in [0.05, 0.1) is 21.8 Å². The van der Waals surface area contributed by atoms with Crippen LogP contribution >= 0.6 is 23.2 Å². The summed E-state index contributed by atoms with van der Waals surface area (Å²) in [6.07, 6.45) is 2.74. The molecule has 0 atom stereocenters. The van der Waals surface area contributed by atoms with Crippen LogP contribution in [-0.2, 0) is 6.42 Å². The third-order valence-electron chi connectivity index (χ3n) is 5.95. The van der Waals surface area contributed by atoms with Crippen LogP contribution in [-0.4, -0.2) is 21.3 Å². The number of hydrogen-bond acceptors (Lipinski definition) is 3. The van der Waals surface area contributed by atoms with Gasteiger partial charge in [0.25, 0.3) is 0 Å². The topological polar surface area (TPSA) is 34.0 Å². The average Bonchev–Trinajstić information content (AvgIpc) is 3.44. The van der Waals surface area contributed by atoms with E-state index in [1.807, 2.05) is 65.5 Å². The minimum Gasteiger partial charge on any atom is -0.340 e. The molecule has 162 valence electrons. The van der Waals surface area contributed by atoms with Crippen molar-refractivity contribution in [3.63, 3.8) is 0 Å². The Balaban J connectivity index is 1.65. The predicted octanol–water partition coefficient (Wildman–Crippen LogP) is 7.23. The Morgan fingerprint density at radius 2 is 1.67 bits per heavy atom. The van der Waals surface area contributed by atoms with Gasteiger partial charge >= 0.3 is 0 Å². The van der Waals surface area contributed by atoms with Gasteiger partial charge in [0.2, 0.25) is 0 Å². The Kier molecular flexibility index (Phi) is 4.82. The molecule has 6 rings (SSSR count). The number of halogens is 3. The first-order valence-electron chi connectivity index (χ1n) is 10.5. The van der Waals surface area contributed by atoms with Crippen molar-refractivity contribution < 1.29 is 4.39 Å². The van der Waals surface area contributed by atoms with Gasteiger partial charge in [-0.25, -0.2) is 14.1 Å². The lowest BCUT2D eigenvalue weighted by molar-refractivity contribution is 0.628. The SMILES string of the molecule is Fc1ccc(N2CCc3cnc4c(c(-c5ccc(Cl)cc5)nn4-c4ccccc4)c32)cc1Cl. The third kappa shape index (κ3) is 3.36. The van der Waals surface area contributed by atoms with Crippen LogP contribution in [0.25, 0.3) is 28.0 Å². The van der Waals surface area contributed by atoms with Crippen LogP contribution in [0.2, 0.25) is 10.0 Å². The average molecular weight is 475 g/mol. The van der Waals surface area contributed by atoms with Gasteiger partial charge in [-0.1, -0.05) is 53.5 Å². The van der Waals surface area contributed by atoms with Crippen LogP contribution < -0.4 is 4.90 Å². The highest BCUT2D eigenvalue weighted by atomic mass is 35.5. The Morgan fingerprint density at radius 1 is 0.879 bits per heavy atom. The fourth-order valence-electron chi connectivity index (χ4n) is 4.41. The second kappa shape index (κ2) is 7.87. The number of nitrogens with zero attached hydrogens (tertiary/aromatic N) is 4. The standard InChI is InChI=1S/C26H17Cl2FN4/c27-18-8-6-16(7-9-18)24-23-25-17(12-13-32(25)20-10-11-22(29)21(28)14-20)15-30-26(23)33(31-24)19-4-2-1-3-5-19/h1-11,14-15H,12-13H2. The largest absolute Gasteiger partial charge is 0.340 e. The number of para-hydroxylation sites is 1. The molecule has 0 saturated carbocycles. The number of anilines is 2. The highest BCUT2D eigenvalue weighted by molar-refractivity contribution is 6.31. The molecule has 0 bridgehead atoms. The summed E-state index contributed by atoms with van der Waals surface area (Å²) in [4.78, 5) is 6.98. The first-order chi connectivity index (χ1) is 16.1. The van der Waals surface area contributed by atoms with Crippen molar-refractivity contribution in [2.45, 2.75) is 6.42 Å². The van der Waals surface area contributed by atoms with Crippen molar-refractivity contribution in [3.8, 4) is 16.9 Å². The summed E-state index contributed by atoms with van der Waals surface area (Å²) in [6.45, 7) is 0.745. The van der Waals surface area contributed by atoms with Gasteiger partial charge < -0.3 is 4.90 Å². The molecule has 4 nitrogen and oxygen atoms in total. The van der Waals surface area contributed by atoms with Crippen LogP contribution in [0.4, 0.5) is 15.8 Å². The van der Waals surface area contributed by atoms with E-state index in [1.54, 1.807) is 12.1 Å². The van der Waals surface area contributed by atoms with Gasteiger partial charge in [-0.05, 0) is 54.4 Å². The molecule has 5 aromatic rings. The molecule has 2 aromatic heterocycles. The van der Waals surface area contributed by atoms with Gasteiger partial charge in [-0.15, -0.1) is 0 Å². The van der Waals surface area contributed by atoms with Gasteiger partial charge in [-0.3, -0.25) is 0 Å². The second-order valence-electron chi connectivity index (χ2n) is 7.93. The van der Waals surface area contributed by atoms with E-state index >= 15 is 0 Å². The van der Waals surface area contributed by atoms with Crippen molar-refractivity contribution in [3.05, 3.63) is 100 Å². The maximum atomic E-state index is 13.9. The summed E-state index contributed by atoms with van der Waals surface area (Å²) in [7, 11) is 0. The monoisotopic (exact) mass is 474 g/mol. The summed E-state index contributed by atoms with van der Waals surface area (Å²) >= 11 is 12.3. The summed E-state index contributed by atoms with van der Waals surface area (Å²) < 4.78 is 15.7. The molecule has 0 aliphatic carbocycles. The van der Waals surface area contributed by atoms with Gasteiger partial charge in [-0.2, -0.15) is 5.10 Å². The molecule has 1 aliphatic rings. The first kappa shape index (κ1) is 20.2. The zero-order valence-electron chi connectivity index (χ0n) is 17.3. The zero-order valence-corrected chi connectivity index (χ0v) is 18.9. The van der Waals surface area contributed by atoms with Crippen molar-refractivity contribution in [2.75, 3.05) is 11.4 Å². The molecule has 0 unspecified atom stereocenters. The summed E-state index contributed by atoms with van der Waals surface area (Å²) in [6, 6.07) is 22.4. The van der Waals surface area contributed by atoms with Crippen molar-refractivity contribution in [2.24, 2.45) is 0 Å². The number of benzene rings is 3. The highest BCUT2D eigenvalue weighted by Gasteiger charge is 2.29. The molecule has 1 aliphatic heterocycles. The Bertz CT molecular complexity index is 1500. The fourth-order valence-corrected chi connectivity index (χ4v) is 4.71. The van der Waals surface area contributed by atoms with E-state index in [0.29, 0.717) is 5.02 Å². The molecule has 3 heterocycles. The molecule has 3 aromatic carbocycles. The Labute approximate surface area is 199 Å². The minimum absolute atomic E-state index is 0.101. The Hall–Kier alpha value is -3.41. The summed E-state index contributed by atoms with van der Waals surface area (Å²) in [5, 5.41) is 6.70. The molecular weight excluding hydrogens is 458 g/mol. The fraction of sp³-hybridized carbons (Fsp3) is 0.0769. The lowest BCUT2D eigenvalue weighted by Crippen LogP contribution is -2.13. The van der Waals surface area contributed by atoms with Crippen LogP contribution in [0.1, 0.15) is 5.56 Å². The number of aromatic nitrogens is 3. The van der Waals surface area contributed by atoms with Crippen molar-refractivity contribution >= 4 is 45.6 Å². The molecule has 0 amide bonds. The van der Waals surface area contributed by atoms with E-state index in [-0.39, 0.29) is 5.02 Å². The van der Waals surface area contributed by atoms with Crippen LogP contribution in [0.3, 0.4) is 0 Å². The van der Waals surface area contributed by atoms with Gasteiger partial charge in [0.15, 0.2) is 5.65 Å². The minimum atomic E-state index is -0.432. The smallest absolute Gasteiger partial charge is 0.165 e. The maximum absolute atomic E-state index is 13.9. The maximum Gasteiger partial charge on any atom is 0.165 e. The third-order valence-corrected chi connectivity index (χ3v) is 6.49. The zero-order chi connectivity index (χ0) is 22.5. The van der Waals surface area contributed by atoms with Crippen LogP contribution in [0.15, 0.2) is 79.0 Å². The van der Waals surface area contributed by atoms with Crippen LogP contribution in [0.5, 0.6) is 0 Å².